The molecule has 1 aromatic carbocycles. The molecule has 0 bridgehead atoms. The molecular formula is C17H21N3O3S. The molecule has 3 rings (SSSR count). The van der Waals surface area contributed by atoms with Crippen LogP contribution in [0.4, 0.5) is 0 Å². The number of carbonyl (C=O) groups excluding carboxylic acids is 1. The molecule has 24 heavy (non-hydrogen) atoms. The molecule has 1 aliphatic rings. The molecule has 1 saturated heterocycles. The highest BCUT2D eigenvalue weighted by molar-refractivity contribution is 7.91. The lowest BCUT2D eigenvalue weighted by molar-refractivity contribution is 0.0702. The van der Waals surface area contributed by atoms with Gasteiger partial charge in [0, 0.05) is 18.2 Å². The van der Waals surface area contributed by atoms with Gasteiger partial charge < -0.3 is 4.90 Å². The van der Waals surface area contributed by atoms with E-state index in [-0.39, 0.29) is 23.5 Å². The molecule has 6 nitrogen and oxygen atoms in total. The fourth-order valence-electron chi connectivity index (χ4n) is 3.05. The molecule has 128 valence electrons. The highest BCUT2D eigenvalue weighted by Crippen LogP contribution is 2.22. The molecule has 2 heterocycles. The highest BCUT2D eigenvalue weighted by atomic mass is 32.2. The van der Waals surface area contributed by atoms with Crippen LogP contribution in [0.5, 0.6) is 0 Å². The zero-order valence-corrected chi connectivity index (χ0v) is 14.6. The molecule has 0 unspecified atom stereocenters. The molecule has 0 spiro atoms. The summed E-state index contributed by atoms with van der Waals surface area (Å²) in [6.45, 7) is 4.34. The number of carbonyl (C=O) groups is 1. The van der Waals surface area contributed by atoms with E-state index < -0.39 is 9.84 Å². The van der Waals surface area contributed by atoms with Crippen LogP contribution >= 0.6 is 0 Å². The molecule has 2 aromatic rings. The van der Waals surface area contributed by atoms with Crippen LogP contribution in [-0.4, -0.2) is 53.5 Å². The molecule has 1 fully saturated rings. The fourth-order valence-corrected chi connectivity index (χ4v) is 4.78. The van der Waals surface area contributed by atoms with Crippen molar-refractivity contribution in [3.8, 4) is 11.3 Å². The summed E-state index contributed by atoms with van der Waals surface area (Å²) in [4.78, 5) is 14.4. The van der Waals surface area contributed by atoms with Crippen molar-refractivity contribution in [3.63, 3.8) is 0 Å². The molecule has 1 N–H and O–H groups in total. The van der Waals surface area contributed by atoms with E-state index in [0.717, 1.165) is 11.1 Å². The molecule has 7 heteroatoms. The van der Waals surface area contributed by atoms with E-state index in [2.05, 4.69) is 10.2 Å². The van der Waals surface area contributed by atoms with Gasteiger partial charge in [0.2, 0.25) is 0 Å². The summed E-state index contributed by atoms with van der Waals surface area (Å²) in [6, 6.07) is 9.38. The third-order valence-corrected chi connectivity index (χ3v) is 6.16. The Kier molecular flexibility index (Phi) is 4.45. The van der Waals surface area contributed by atoms with Crippen LogP contribution in [-0.2, 0) is 9.84 Å². The topological polar surface area (TPSA) is 83.1 Å². The van der Waals surface area contributed by atoms with Crippen LogP contribution in [0.15, 0.2) is 30.3 Å². The summed E-state index contributed by atoms with van der Waals surface area (Å²) in [5.74, 6) is -0.00429. The van der Waals surface area contributed by atoms with Crippen molar-refractivity contribution in [2.24, 2.45) is 0 Å². The maximum Gasteiger partial charge on any atom is 0.272 e. The second kappa shape index (κ2) is 6.39. The van der Waals surface area contributed by atoms with Crippen LogP contribution < -0.4 is 0 Å². The van der Waals surface area contributed by atoms with Crippen LogP contribution in [0.25, 0.3) is 11.3 Å². The normalized spacial score (nSPS) is 19.3. The lowest BCUT2D eigenvalue weighted by atomic mass is 10.1. The van der Waals surface area contributed by atoms with Crippen molar-refractivity contribution in [1.82, 2.24) is 15.1 Å². The van der Waals surface area contributed by atoms with Gasteiger partial charge in [-0.15, -0.1) is 0 Å². The van der Waals surface area contributed by atoms with Gasteiger partial charge in [-0.1, -0.05) is 29.8 Å². The fraction of sp³-hybridized carbons (Fsp3) is 0.412. The molecule has 1 atom stereocenters. The van der Waals surface area contributed by atoms with Crippen molar-refractivity contribution in [3.05, 3.63) is 41.6 Å². The molecule has 0 radical (unpaired) electrons. The maximum atomic E-state index is 12.7. The summed E-state index contributed by atoms with van der Waals surface area (Å²) >= 11 is 0. The molecule has 1 aromatic heterocycles. The Hall–Kier alpha value is -2.15. The largest absolute Gasteiger partial charge is 0.334 e. The van der Waals surface area contributed by atoms with Gasteiger partial charge in [-0.3, -0.25) is 9.89 Å². The van der Waals surface area contributed by atoms with E-state index in [1.54, 1.807) is 11.0 Å². The predicted molar refractivity (Wildman–Crippen MR) is 92.5 cm³/mol. The Bertz CT molecular complexity index is 840. The van der Waals surface area contributed by atoms with Gasteiger partial charge in [-0.05, 0) is 26.3 Å². The number of nitrogens with one attached hydrogen (secondary N) is 1. The summed E-state index contributed by atoms with van der Waals surface area (Å²) < 4.78 is 23.4. The van der Waals surface area contributed by atoms with Crippen molar-refractivity contribution in [2.45, 2.75) is 26.3 Å². The third-order valence-electron chi connectivity index (χ3n) is 4.41. The van der Waals surface area contributed by atoms with Gasteiger partial charge in [0.15, 0.2) is 9.84 Å². The minimum Gasteiger partial charge on any atom is -0.334 e. The maximum absolute atomic E-state index is 12.7. The first-order valence-corrected chi connectivity index (χ1v) is 9.85. The minimum atomic E-state index is -3.03. The lowest BCUT2D eigenvalue weighted by Crippen LogP contribution is -2.41. The first kappa shape index (κ1) is 16.7. The quantitative estimate of drug-likeness (QED) is 0.917. The number of hydrogen-bond acceptors (Lipinski definition) is 4. The second-order valence-electron chi connectivity index (χ2n) is 6.18. The Morgan fingerprint density at radius 2 is 2.04 bits per heavy atom. The average molecular weight is 347 g/mol. The number of benzene rings is 1. The smallest absolute Gasteiger partial charge is 0.272 e. The predicted octanol–water partition coefficient (Wildman–Crippen LogP) is 2.03. The van der Waals surface area contributed by atoms with E-state index in [4.69, 9.17) is 0 Å². The minimum absolute atomic E-state index is 0.0472. The number of nitrogens with zero attached hydrogens (tertiary/aromatic N) is 2. The monoisotopic (exact) mass is 347 g/mol. The van der Waals surface area contributed by atoms with Gasteiger partial charge in [0.25, 0.3) is 5.91 Å². The number of rotatable bonds is 4. The Morgan fingerprint density at radius 3 is 2.62 bits per heavy atom. The summed E-state index contributed by atoms with van der Waals surface area (Å²) in [5.41, 5.74) is 3.18. The SMILES string of the molecule is CCN(C(=O)c1cc(-c2ccc(C)cc2)n[nH]1)[C@@H]1CCS(=O)(=O)C1. The lowest BCUT2D eigenvalue weighted by Gasteiger charge is -2.26. The molecule has 1 aliphatic heterocycles. The molecule has 0 saturated carbocycles. The van der Waals surface area contributed by atoms with Crippen LogP contribution in [0.2, 0.25) is 0 Å². The van der Waals surface area contributed by atoms with E-state index in [0.29, 0.717) is 24.4 Å². The van der Waals surface area contributed by atoms with E-state index in [9.17, 15) is 13.2 Å². The van der Waals surface area contributed by atoms with Crippen LogP contribution in [0.1, 0.15) is 29.4 Å². The Balaban J connectivity index is 1.80. The molecule has 1 amide bonds. The molecular weight excluding hydrogens is 326 g/mol. The van der Waals surface area contributed by atoms with Gasteiger partial charge in [-0.2, -0.15) is 5.10 Å². The van der Waals surface area contributed by atoms with Gasteiger partial charge in [0.05, 0.1) is 17.2 Å². The Morgan fingerprint density at radius 1 is 1.33 bits per heavy atom. The first-order chi connectivity index (χ1) is 11.4. The summed E-state index contributed by atoms with van der Waals surface area (Å²) in [6.07, 6.45) is 0.501. The third kappa shape index (κ3) is 3.36. The number of aryl methyl sites for hydroxylation is 1. The number of sulfone groups is 1. The van der Waals surface area contributed by atoms with Crippen molar-refractivity contribution < 1.29 is 13.2 Å². The number of H-pyrrole nitrogens is 1. The number of aromatic amines is 1. The zero-order valence-electron chi connectivity index (χ0n) is 13.8. The van der Waals surface area contributed by atoms with E-state index >= 15 is 0 Å². The van der Waals surface area contributed by atoms with Gasteiger partial charge in [0.1, 0.15) is 5.69 Å². The summed E-state index contributed by atoms with van der Waals surface area (Å²) in [7, 11) is -3.03. The Labute approximate surface area is 141 Å². The van der Waals surface area contributed by atoms with Crippen molar-refractivity contribution in [1.29, 1.82) is 0 Å². The van der Waals surface area contributed by atoms with E-state index in [1.165, 1.54) is 0 Å². The standard InChI is InChI=1S/C17H21N3O3S/c1-3-20(14-8-9-24(22,23)11-14)17(21)16-10-15(18-19-16)13-6-4-12(2)5-7-13/h4-7,10,14H,3,8-9,11H2,1-2H3,(H,18,19)/t14-/m1/s1. The van der Waals surface area contributed by atoms with Gasteiger partial charge >= 0.3 is 0 Å². The number of hydrogen-bond donors (Lipinski definition) is 1. The number of aromatic nitrogens is 2. The number of amides is 1. The average Bonchev–Trinajstić information content (AvgIpc) is 3.16. The highest BCUT2D eigenvalue weighted by Gasteiger charge is 2.34. The van der Waals surface area contributed by atoms with E-state index in [1.807, 2.05) is 38.1 Å². The summed E-state index contributed by atoms with van der Waals surface area (Å²) in [5, 5.41) is 7.01. The molecule has 0 aliphatic carbocycles. The van der Waals surface area contributed by atoms with Crippen LogP contribution in [0, 0.1) is 6.92 Å². The first-order valence-electron chi connectivity index (χ1n) is 8.03. The zero-order chi connectivity index (χ0) is 17.3. The second-order valence-corrected chi connectivity index (χ2v) is 8.41. The van der Waals surface area contributed by atoms with Crippen molar-refractivity contribution in [2.75, 3.05) is 18.1 Å². The van der Waals surface area contributed by atoms with Crippen molar-refractivity contribution >= 4 is 15.7 Å². The van der Waals surface area contributed by atoms with Crippen LogP contribution in [0.3, 0.4) is 0 Å². The van der Waals surface area contributed by atoms with Gasteiger partial charge in [-0.25, -0.2) is 8.42 Å².